The van der Waals surface area contributed by atoms with Gasteiger partial charge in [-0.3, -0.25) is 0 Å². The molecule has 0 radical (unpaired) electrons. The quantitative estimate of drug-likeness (QED) is 0.819. The van der Waals surface area contributed by atoms with Crippen LogP contribution in [0.25, 0.3) is 0 Å². The van der Waals surface area contributed by atoms with Gasteiger partial charge < -0.3 is 10.2 Å². The number of benzene rings is 1. The highest BCUT2D eigenvalue weighted by molar-refractivity contribution is 5.56. The van der Waals surface area contributed by atoms with Crippen molar-refractivity contribution in [2.75, 3.05) is 18.0 Å². The third-order valence-corrected chi connectivity index (χ3v) is 4.54. The van der Waals surface area contributed by atoms with E-state index in [-0.39, 0.29) is 5.82 Å². The molecule has 1 saturated carbocycles. The van der Waals surface area contributed by atoms with Gasteiger partial charge >= 0.3 is 0 Å². The number of fused-ring (bicyclic) bond motifs is 2. The van der Waals surface area contributed by atoms with Gasteiger partial charge in [-0.25, -0.2) is 4.39 Å². The topological polar surface area (TPSA) is 15.3 Å². The van der Waals surface area contributed by atoms with Crippen molar-refractivity contribution in [1.29, 1.82) is 0 Å². The minimum absolute atomic E-state index is 0.0659. The molecule has 1 aliphatic carbocycles. The maximum absolute atomic E-state index is 14.1. The van der Waals surface area contributed by atoms with Gasteiger partial charge in [0, 0.05) is 30.4 Å². The Morgan fingerprint density at radius 3 is 2.95 bits per heavy atom. The molecule has 1 aromatic rings. The average Bonchev–Trinajstić information content (AvgIpc) is 3.03. The fourth-order valence-electron chi connectivity index (χ4n) is 3.60. The van der Waals surface area contributed by atoms with Crippen LogP contribution in [0.5, 0.6) is 0 Å². The van der Waals surface area contributed by atoms with Crippen LogP contribution in [0.2, 0.25) is 0 Å². The van der Waals surface area contributed by atoms with Crippen LogP contribution in [0.3, 0.4) is 0 Å². The molecule has 2 bridgehead atoms. The van der Waals surface area contributed by atoms with Crippen LogP contribution < -0.4 is 10.2 Å². The van der Waals surface area contributed by atoms with E-state index in [1.54, 1.807) is 6.07 Å². The van der Waals surface area contributed by atoms with Crippen molar-refractivity contribution in [2.45, 2.75) is 45.2 Å². The van der Waals surface area contributed by atoms with E-state index in [1.165, 1.54) is 19.3 Å². The largest absolute Gasteiger partial charge is 0.368 e. The standard InChI is InChI=1S/C16H23FN2/c1-2-8-18-10-14-15(17)4-3-5-16(14)19-11-12-6-7-13(19)9-12/h3-5,12-13,18H,2,6-11H2,1H3. The van der Waals surface area contributed by atoms with Crippen LogP contribution in [-0.2, 0) is 6.54 Å². The molecule has 2 aliphatic rings. The van der Waals surface area contributed by atoms with Gasteiger partial charge in [-0.15, -0.1) is 0 Å². The highest BCUT2D eigenvalue weighted by Crippen LogP contribution is 2.41. The van der Waals surface area contributed by atoms with Crippen LogP contribution in [0.15, 0.2) is 18.2 Å². The van der Waals surface area contributed by atoms with E-state index in [0.29, 0.717) is 12.6 Å². The third kappa shape index (κ3) is 2.48. The molecule has 1 saturated heterocycles. The molecule has 1 N–H and O–H groups in total. The molecule has 3 heteroatoms. The Labute approximate surface area is 115 Å². The lowest BCUT2D eigenvalue weighted by molar-refractivity contribution is 0.544. The number of piperidine rings is 1. The minimum Gasteiger partial charge on any atom is -0.368 e. The summed E-state index contributed by atoms with van der Waals surface area (Å²) in [7, 11) is 0. The first-order valence-corrected chi connectivity index (χ1v) is 7.54. The summed E-state index contributed by atoms with van der Waals surface area (Å²) in [5.74, 6) is 0.772. The lowest BCUT2D eigenvalue weighted by atomic mass is 10.1. The normalized spacial score (nSPS) is 25.3. The number of nitrogens with zero attached hydrogens (tertiary/aromatic N) is 1. The zero-order valence-corrected chi connectivity index (χ0v) is 11.7. The second kappa shape index (κ2) is 5.49. The summed E-state index contributed by atoms with van der Waals surface area (Å²) in [5.41, 5.74) is 1.97. The summed E-state index contributed by atoms with van der Waals surface area (Å²) in [6.07, 6.45) is 5.03. The second-order valence-corrected chi connectivity index (χ2v) is 5.90. The Bertz CT molecular complexity index is 446. The van der Waals surface area contributed by atoms with Gasteiger partial charge in [0.05, 0.1) is 0 Å². The van der Waals surface area contributed by atoms with Crippen molar-refractivity contribution >= 4 is 5.69 Å². The van der Waals surface area contributed by atoms with Crippen molar-refractivity contribution in [3.8, 4) is 0 Å². The van der Waals surface area contributed by atoms with Gasteiger partial charge in [0.2, 0.25) is 0 Å². The molecule has 2 unspecified atom stereocenters. The predicted molar refractivity (Wildman–Crippen MR) is 76.9 cm³/mol. The molecule has 2 nitrogen and oxygen atoms in total. The Morgan fingerprint density at radius 1 is 1.37 bits per heavy atom. The van der Waals surface area contributed by atoms with Gasteiger partial charge in [-0.2, -0.15) is 0 Å². The van der Waals surface area contributed by atoms with E-state index in [2.05, 4.69) is 23.2 Å². The lowest BCUT2D eigenvalue weighted by Crippen LogP contribution is -2.33. The molecule has 0 spiro atoms. The van der Waals surface area contributed by atoms with E-state index in [4.69, 9.17) is 0 Å². The van der Waals surface area contributed by atoms with Gasteiger partial charge in [0.25, 0.3) is 0 Å². The van der Waals surface area contributed by atoms with Crippen molar-refractivity contribution in [1.82, 2.24) is 5.32 Å². The molecule has 3 rings (SSSR count). The lowest BCUT2D eigenvalue weighted by Gasteiger charge is -2.31. The van der Waals surface area contributed by atoms with E-state index in [0.717, 1.165) is 36.7 Å². The van der Waals surface area contributed by atoms with Gasteiger partial charge in [0.1, 0.15) is 5.82 Å². The Kier molecular flexibility index (Phi) is 3.74. The molecular weight excluding hydrogens is 239 g/mol. The molecule has 104 valence electrons. The summed E-state index contributed by atoms with van der Waals surface area (Å²) < 4.78 is 14.1. The maximum atomic E-state index is 14.1. The average molecular weight is 262 g/mol. The third-order valence-electron chi connectivity index (χ3n) is 4.54. The monoisotopic (exact) mass is 262 g/mol. The first-order valence-electron chi connectivity index (χ1n) is 7.54. The Hall–Kier alpha value is -1.09. The molecule has 0 aromatic heterocycles. The molecule has 0 amide bonds. The molecule has 19 heavy (non-hydrogen) atoms. The van der Waals surface area contributed by atoms with E-state index in [1.807, 2.05) is 6.07 Å². The fraction of sp³-hybridized carbons (Fsp3) is 0.625. The maximum Gasteiger partial charge on any atom is 0.129 e. The van der Waals surface area contributed by atoms with Crippen molar-refractivity contribution in [3.63, 3.8) is 0 Å². The van der Waals surface area contributed by atoms with Crippen LogP contribution in [0, 0.1) is 11.7 Å². The van der Waals surface area contributed by atoms with E-state index < -0.39 is 0 Å². The van der Waals surface area contributed by atoms with E-state index in [9.17, 15) is 4.39 Å². The first-order chi connectivity index (χ1) is 9.29. The summed E-state index contributed by atoms with van der Waals surface area (Å²) >= 11 is 0. The zero-order chi connectivity index (χ0) is 13.2. The van der Waals surface area contributed by atoms with Crippen LogP contribution in [-0.4, -0.2) is 19.1 Å². The van der Waals surface area contributed by atoms with Gasteiger partial charge in [-0.05, 0) is 50.3 Å². The molecule has 1 heterocycles. The predicted octanol–water partition coefficient (Wildman–Crippen LogP) is 3.31. The van der Waals surface area contributed by atoms with Gasteiger partial charge in [-0.1, -0.05) is 13.0 Å². The van der Waals surface area contributed by atoms with Crippen LogP contribution in [0.4, 0.5) is 10.1 Å². The molecular formula is C16H23FN2. The summed E-state index contributed by atoms with van der Waals surface area (Å²) in [6, 6.07) is 6.17. The van der Waals surface area contributed by atoms with Crippen molar-refractivity contribution in [2.24, 2.45) is 5.92 Å². The molecule has 1 aromatic carbocycles. The number of hydrogen-bond acceptors (Lipinski definition) is 2. The number of anilines is 1. The highest BCUT2D eigenvalue weighted by Gasteiger charge is 2.38. The van der Waals surface area contributed by atoms with Crippen molar-refractivity contribution in [3.05, 3.63) is 29.6 Å². The summed E-state index contributed by atoms with van der Waals surface area (Å²) in [4.78, 5) is 2.44. The van der Waals surface area contributed by atoms with Crippen LogP contribution in [0.1, 0.15) is 38.2 Å². The summed E-state index contributed by atoms with van der Waals surface area (Å²) in [6.45, 7) is 4.84. The molecule has 2 fully saturated rings. The van der Waals surface area contributed by atoms with Gasteiger partial charge in [0.15, 0.2) is 0 Å². The smallest absolute Gasteiger partial charge is 0.129 e. The number of hydrogen-bond donors (Lipinski definition) is 1. The summed E-state index contributed by atoms with van der Waals surface area (Å²) in [5, 5.41) is 3.33. The molecule has 1 aliphatic heterocycles. The Balaban J connectivity index is 1.82. The number of nitrogens with one attached hydrogen (secondary N) is 1. The van der Waals surface area contributed by atoms with E-state index >= 15 is 0 Å². The minimum atomic E-state index is -0.0659. The van der Waals surface area contributed by atoms with Crippen molar-refractivity contribution < 1.29 is 4.39 Å². The number of halogens is 1. The number of rotatable bonds is 5. The molecule has 2 atom stereocenters. The zero-order valence-electron chi connectivity index (χ0n) is 11.7. The second-order valence-electron chi connectivity index (χ2n) is 5.90. The Morgan fingerprint density at radius 2 is 2.26 bits per heavy atom. The highest BCUT2D eigenvalue weighted by atomic mass is 19.1. The van der Waals surface area contributed by atoms with Crippen LogP contribution >= 0.6 is 0 Å². The fourth-order valence-corrected chi connectivity index (χ4v) is 3.60. The SMILES string of the molecule is CCCNCc1c(F)cccc1N1CC2CCC1C2. The first kappa shape index (κ1) is 12.9.